The number of carbonyl (C=O) groups excluding carboxylic acids is 1. The summed E-state index contributed by atoms with van der Waals surface area (Å²) in [7, 11) is 0. The summed E-state index contributed by atoms with van der Waals surface area (Å²) >= 11 is 1.48. The van der Waals surface area contributed by atoms with Gasteiger partial charge in [0.2, 0.25) is 0 Å². The van der Waals surface area contributed by atoms with Crippen LogP contribution in [-0.4, -0.2) is 10.5 Å². The van der Waals surface area contributed by atoms with Crippen molar-refractivity contribution in [3.8, 4) is 0 Å². The van der Waals surface area contributed by atoms with Crippen LogP contribution in [0, 0.1) is 5.82 Å². The summed E-state index contributed by atoms with van der Waals surface area (Å²) in [5.41, 5.74) is 1.45. The maximum absolute atomic E-state index is 12.9. The number of nitrogens with zero attached hydrogens (tertiary/aromatic N) is 2. The van der Waals surface area contributed by atoms with Gasteiger partial charge in [-0.05, 0) is 43.3 Å². The summed E-state index contributed by atoms with van der Waals surface area (Å²) in [5, 5.41) is 0. The third kappa shape index (κ3) is 2.64. The van der Waals surface area contributed by atoms with Gasteiger partial charge in [0.05, 0.1) is 10.2 Å². The zero-order chi connectivity index (χ0) is 14.8. The fourth-order valence-electron chi connectivity index (χ4n) is 2.16. The number of hydrogen-bond acceptors (Lipinski definition) is 2. The Morgan fingerprint density at radius 2 is 1.90 bits per heavy atom. The molecule has 3 nitrogen and oxygen atoms in total. The molecule has 0 saturated heterocycles. The second-order valence-corrected chi connectivity index (χ2v) is 5.53. The monoisotopic (exact) mass is 300 g/mol. The molecular weight excluding hydrogens is 287 g/mol. The van der Waals surface area contributed by atoms with Crippen LogP contribution in [0.15, 0.2) is 53.5 Å². The minimum Gasteiger partial charge on any atom is -0.317 e. The SMILES string of the molecule is CCn1c(=NC(=O)c2ccc(F)cc2)sc2ccccc21. The van der Waals surface area contributed by atoms with Crippen molar-refractivity contribution in [3.63, 3.8) is 0 Å². The van der Waals surface area contributed by atoms with E-state index in [4.69, 9.17) is 0 Å². The molecule has 2 aromatic carbocycles. The van der Waals surface area contributed by atoms with Gasteiger partial charge in [-0.25, -0.2) is 4.39 Å². The summed E-state index contributed by atoms with van der Waals surface area (Å²) in [4.78, 5) is 17.0. The number of fused-ring (bicyclic) bond motifs is 1. The minimum absolute atomic E-state index is 0.358. The van der Waals surface area contributed by atoms with Gasteiger partial charge in [-0.2, -0.15) is 4.99 Å². The molecular formula is C16H13FN2OS. The van der Waals surface area contributed by atoms with Crippen LogP contribution in [0.3, 0.4) is 0 Å². The highest BCUT2D eigenvalue weighted by atomic mass is 32.1. The molecule has 21 heavy (non-hydrogen) atoms. The number of amides is 1. The van der Waals surface area contributed by atoms with Crippen LogP contribution in [0.25, 0.3) is 10.2 Å². The van der Waals surface area contributed by atoms with Crippen molar-refractivity contribution in [2.75, 3.05) is 0 Å². The minimum atomic E-state index is -0.364. The fraction of sp³-hybridized carbons (Fsp3) is 0.125. The molecule has 1 aromatic heterocycles. The van der Waals surface area contributed by atoms with Gasteiger partial charge in [0.1, 0.15) is 5.82 Å². The molecule has 0 aliphatic heterocycles. The lowest BCUT2D eigenvalue weighted by molar-refractivity contribution is 0.0998. The van der Waals surface area contributed by atoms with Gasteiger partial charge in [-0.15, -0.1) is 0 Å². The molecule has 0 saturated carbocycles. The Hall–Kier alpha value is -2.27. The van der Waals surface area contributed by atoms with Crippen molar-refractivity contribution in [3.05, 3.63) is 64.7 Å². The van der Waals surface area contributed by atoms with Crippen LogP contribution in [-0.2, 0) is 6.54 Å². The molecule has 0 radical (unpaired) electrons. The summed E-state index contributed by atoms with van der Waals surface area (Å²) in [6, 6.07) is 13.4. The number of rotatable bonds is 2. The Balaban J connectivity index is 2.10. The summed E-state index contributed by atoms with van der Waals surface area (Å²) in [6.45, 7) is 2.75. The molecule has 0 spiro atoms. The number of para-hydroxylation sites is 1. The van der Waals surface area contributed by atoms with E-state index >= 15 is 0 Å². The van der Waals surface area contributed by atoms with Crippen molar-refractivity contribution in [1.82, 2.24) is 4.57 Å². The Kier molecular flexibility index (Phi) is 3.66. The van der Waals surface area contributed by atoms with Crippen molar-refractivity contribution in [1.29, 1.82) is 0 Å². The molecule has 0 atom stereocenters. The molecule has 0 unspecified atom stereocenters. The van der Waals surface area contributed by atoms with Crippen LogP contribution in [0.2, 0.25) is 0 Å². The molecule has 0 fully saturated rings. The molecule has 1 amide bonds. The van der Waals surface area contributed by atoms with E-state index in [2.05, 4.69) is 4.99 Å². The number of halogens is 1. The lowest BCUT2D eigenvalue weighted by Gasteiger charge is -1.99. The van der Waals surface area contributed by atoms with Gasteiger partial charge in [-0.3, -0.25) is 4.79 Å². The standard InChI is InChI=1S/C16H13FN2OS/c1-2-19-13-5-3-4-6-14(13)21-16(19)18-15(20)11-7-9-12(17)10-8-11/h3-10H,2H2,1H3. The van der Waals surface area contributed by atoms with Gasteiger partial charge in [0.15, 0.2) is 4.80 Å². The maximum atomic E-state index is 12.9. The molecule has 0 aliphatic rings. The average molecular weight is 300 g/mol. The van der Waals surface area contributed by atoms with E-state index in [1.165, 1.54) is 35.6 Å². The number of hydrogen-bond donors (Lipinski definition) is 0. The number of benzene rings is 2. The van der Waals surface area contributed by atoms with Crippen molar-refractivity contribution < 1.29 is 9.18 Å². The number of thiazole rings is 1. The van der Waals surface area contributed by atoms with Gasteiger partial charge in [0, 0.05) is 12.1 Å². The van der Waals surface area contributed by atoms with E-state index in [1.54, 1.807) is 0 Å². The molecule has 5 heteroatoms. The van der Waals surface area contributed by atoms with Crippen LogP contribution in [0.4, 0.5) is 4.39 Å². The first kappa shape index (κ1) is 13.7. The average Bonchev–Trinajstić information content (AvgIpc) is 2.84. The molecule has 3 rings (SSSR count). The first-order chi connectivity index (χ1) is 10.2. The second kappa shape index (κ2) is 5.61. The largest absolute Gasteiger partial charge is 0.317 e. The van der Waals surface area contributed by atoms with E-state index in [-0.39, 0.29) is 11.7 Å². The highest BCUT2D eigenvalue weighted by Crippen LogP contribution is 2.16. The van der Waals surface area contributed by atoms with Crippen molar-refractivity contribution in [2.24, 2.45) is 4.99 Å². The molecule has 3 aromatic rings. The summed E-state index contributed by atoms with van der Waals surface area (Å²) in [6.07, 6.45) is 0. The Morgan fingerprint density at radius 3 is 2.62 bits per heavy atom. The second-order valence-electron chi connectivity index (χ2n) is 4.52. The smallest absolute Gasteiger partial charge is 0.279 e. The Labute approximate surface area is 125 Å². The number of aryl methyl sites for hydroxylation is 1. The lowest BCUT2D eigenvalue weighted by atomic mass is 10.2. The van der Waals surface area contributed by atoms with Gasteiger partial charge < -0.3 is 4.57 Å². The normalized spacial score (nSPS) is 12.0. The van der Waals surface area contributed by atoms with Crippen LogP contribution >= 0.6 is 11.3 Å². The molecule has 1 heterocycles. The number of carbonyl (C=O) groups is 1. The van der Waals surface area contributed by atoms with Crippen molar-refractivity contribution >= 4 is 27.5 Å². The fourth-order valence-corrected chi connectivity index (χ4v) is 3.25. The zero-order valence-corrected chi connectivity index (χ0v) is 12.2. The quantitative estimate of drug-likeness (QED) is 0.712. The first-order valence-corrected chi connectivity index (χ1v) is 7.43. The van der Waals surface area contributed by atoms with Gasteiger partial charge in [-0.1, -0.05) is 23.5 Å². The predicted molar refractivity (Wildman–Crippen MR) is 81.8 cm³/mol. The van der Waals surface area contributed by atoms with E-state index in [1.807, 2.05) is 35.8 Å². The lowest BCUT2D eigenvalue weighted by Crippen LogP contribution is -2.15. The maximum Gasteiger partial charge on any atom is 0.279 e. The van der Waals surface area contributed by atoms with E-state index < -0.39 is 0 Å². The topological polar surface area (TPSA) is 34.4 Å². The molecule has 0 bridgehead atoms. The third-order valence-corrected chi connectivity index (χ3v) is 4.25. The Bertz CT molecular complexity index is 862. The van der Waals surface area contributed by atoms with Crippen molar-refractivity contribution in [2.45, 2.75) is 13.5 Å². The molecule has 106 valence electrons. The number of aromatic nitrogens is 1. The highest BCUT2D eigenvalue weighted by Gasteiger charge is 2.08. The van der Waals surface area contributed by atoms with E-state index in [0.29, 0.717) is 10.4 Å². The third-order valence-electron chi connectivity index (χ3n) is 3.19. The molecule has 0 aliphatic carbocycles. The summed E-state index contributed by atoms with van der Waals surface area (Å²) < 4.78 is 16.0. The van der Waals surface area contributed by atoms with Crippen LogP contribution in [0.1, 0.15) is 17.3 Å². The molecule has 0 N–H and O–H groups in total. The van der Waals surface area contributed by atoms with Gasteiger partial charge >= 0.3 is 0 Å². The predicted octanol–water partition coefficient (Wildman–Crippen LogP) is 3.60. The van der Waals surface area contributed by atoms with Crippen LogP contribution in [0.5, 0.6) is 0 Å². The van der Waals surface area contributed by atoms with Gasteiger partial charge in [0.25, 0.3) is 5.91 Å². The zero-order valence-electron chi connectivity index (χ0n) is 11.4. The highest BCUT2D eigenvalue weighted by molar-refractivity contribution is 7.16. The first-order valence-electron chi connectivity index (χ1n) is 6.62. The van der Waals surface area contributed by atoms with E-state index in [0.717, 1.165) is 16.8 Å². The Morgan fingerprint density at radius 1 is 1.19 bits per heavy atom. The van der Waals surface area contributed by atoms with E-state index in [9.17, 15) is 9.18 Å². The summed E-state index contributed by atoms with van der Waals surface area (Å²) in [5.74, 6) is -0.721. The van der Waals surface area contributed by atoms with Crippen LogP contribution < -0.4 is 4.80 Å².